The van der Waals surface area contributed by atoms with E-state index < -0.39 is 40.8 Å². The molecule has 2 spiro atoms. The van der Waals surface area contributed by atoms with Crippen molar-refractivity contribution in [1.82, 2.24) is 0 Å². The summed E-state index contributed by atoms with van der Waals surface area (Å²) in [4.78, 5) is 26.1. The van der Waals surface area contributed by atoms with Crippen molar-refractivity contribution in [2.75, 3.05) is 13.2 Å². The van der Waals surface area contributed by atoms with Gasteiger partial charge in [0.1, 0.15) is 36.6 Å². The van der Waals surface area contributed by atoms with Crippen LogP contribution >= 0.6 is 0 Å². The quantitative estimate of drug-likeness (QED) is 0.268. The maximum absolute atomic E-state index is 13.1. The van der Waals surface area contributed by atoms with E-state index in [1.54, 1.807) is 12.2 Å². The fourth-order valence-corrected chi connectivity index (χ4v) is 7.73. The zero-order valence-corrected chi connectivity index (χ0v) is 22.1. The van der Waals surface area contributed by atoms with E-state index in [9.17, 15) is 9.59 Å². The Hall–Kier alpha value is -2.30. The van der Waals surface area contributed by atoms with Gasteiger partial charge in [-0.25, -0.2) is 9.59 Å². The van der Waals surface area contributed by atoms with E-state index in [-0.39, 0.29) is 43.2 Å². The van der Waals surface area contributed by atoms with E-state index in [1.807, 2.05) is 26.8 Å². The molecule has 2 aliphatic carbocycles. The molecule has 5 heterocycles. The van der Waals surface area contributed by atoms with Crippen molar-refractivity contribution in [3.05, 3.63) is 47.6 Å². The number of hydrogen-bond acceptors (Lipinski definition) is 9. The summed E-state index contributed by atoms with van der Waals surface area (Å²) in [6, 6.07) is 0. The zero-order chi connectivity index (χ0) is 26.4. The molecule has 11 atom stereocenters. The highest BCUT2D eigenvalue weighted by Crippen LogP contribution is 2.74. The van der Waals surface area contributed by atoms with Gasteiger partial charge in [-0.05, 0) is 26.3 Å². The summed E-state index contributed by atoms with van der Waals surface area (Å²) < 4.78 is 43.1. The average molecular weight is 527 g/mol. The summed E-state index contributed by atoms with van der Waals surface area (Å²) in [5.74, 6) is -0.897. The second kappa shape index (κ2) is 8.35. The molecule has 9 heteroatoms. The monoisotopic (exact) mass is 526 g/mol. The second-order valence-electron chi connectivity index (χ2n) is 11.9. The van der Waals surface area contributed by atoms with E-state index in [0.29, 0.717) is 19.4 Å². The smallest absolute Gasteiger partial charge is 0.331 e. The van der Waals surface area contributed by atoms with Gasteiger partial charge in [0, 0.05) is 25.0 Å². The third-order valence-corrected chi connectivity index (χ3v) is 9.92. The van der Waals surface area contributed by atoms with Crippen LogP contribution in [0.15, 0.2) is 47.6 Å². The minimum absolute atomic E-state index is 0.0573. The molecule has 7 aliphatic rings. The van der Waals surface area contributed by atoms with Gasteiger partial charge >= 0.3 is 11.9 Å². The average Bonchev–Trinajstić information content (AvgIpc) is 3.76. The van der Waals surface area contributed by atoms with E-state index >= 15 is 0 Å². The number of esters is 2. The van der Waals surface area contributed by atoms with Crippen molar-refractivity contribution in [3.63, 3.8) is 0 Å². The molecule has 5 fully saturated rings. The van der Waals surface area contributed by atoms with Gasteiger partial charge < -0.3 is 33.2 Å². The maximum Gasteiger partial charge on any atom is 0.331 e. The summed E-state index contributed by atoms with van der Waals surface area (Å²) >= 11 is 0. The molecule has 0 amide bonds. The normalized spacial score (nSPS) is 51.2. The highest BCUT2D eigenvalue weighted by Gasteiger charge is 2.87. The first-order valence-corrected chi connectivity index (χ1v) is 13.5. The summed E-state index contributed by atoms with van der Waals surface area (Å²) in [7, 11) is 0. The molecule has 1 saturated carbocycles. The molecule has 5 aliphatic heterocycles. The first kappa shape index (κ1) is 24.7. The zero-order valence-electron chi connectivity index (χ0n) is 22.1. The highest BCUT2D eigenvalue weighted by atomic mass is 16.7. The fraction of sp³-hybridized carbons (Fsp3) is 0.655. The van der Waals surface area contributed by atoms with Gasteiger partial charge in [-0.3, -0.25) is 0 Å². The van der Waals surface area contributed by atoms with Gasteiger partial charge in [0.15, 0.2) is 6.29 Å². The van der Waals surface area contributed by atoms with Crippen LogP contribution in [-0.4, -0.2) is 79.8 Å². The number of epoxide rings is 2. The number of ether oxygens (including phenoxy) is 7. The Morgan fingerprint density at radius 2 is 1.79 bits per heavy atom. The Bertz CT molecular complexity index is 1180. The lowest BCUT2D eigenvalue weighted by molar-refractivity contribution is -0.235. The molecule has 4 saturated heterocycles. The van der Waals surface area contributed by atoms with Gasteiger partial charge in [0.25, 0.3) is 0 Å². The highest BCUT2D eigenvalue weighted by molar-refractivity contribution is 5.83. The topological polar surface area (TPSA) is 105 Å². The molecule has 6 unspecified atom stereocenters. The SMILES string of the molecule is CC1=CC(=O)OC[C@]23[C@@H]4OC4C(C)=C[C@H]2OC2C[C@@H](OC(=O)C=CC=CC4OC(C1)OC4C)C3(C)[C@]21CO1. The van der Waals surface area contributed by atoms with E-state index in [0.717, 1.165) is 11.1 Å². The van der Waals surface area contributed by atoms with Crippen LogP contribution < -0.4 is 0 Å². The molecule has 0 aromatic rings. The van der Waals surface area contributed by atoms with Gasteiger partial charge in [-0.15, -0.1) is 0 Å². The molecule has 0 aromatic heterocycles. The van der Waals surface area contributed by atoms with Crippen LogP contribution in [0.2, 0.25) is 0 Å². The van der Waals surface area contributed by atoms with Crippen molar-refractivity contribution in [1.29, 1.82) is 0 Å². The van der Waals surface area contributed by atoms with Gasteiger partial charge in [-0.1, -0.05) is 36.8 Å². The number of fused-ring (bicyclic) bond motifs is 3. The molecular formula is C29H34O9. The van der Waals surface area contributed by atoms with Crippen LogP contribution in [0.5, 0.6) is 0 Å². The van der Waals surface area contributed by atoms with Crippen LogP contribution in [0, 0.1) is 10.8 Å². The minimum Gasteiger partial charge on any atom is -0.462 e. The minimum atomic E-state index is -0.779. The molecule has 0 radical (unpaired) electrons. The molecular weight excluding hydrogens is 492 g/mol. The summed E-state index contributed by atoms with van der Waals surface area (Å²) in [6.45, 7) is 8.50. The van der Waals surface area contributed by atoms with Gasteiger partial charge in [0.2, 0.25) is 0 Å². The summed E-state index contributed by atoms with van der Waals surface area (Å²) in [6.07, 6.45) is 8.96. The molecule has 7 rings (SSSR count). The summed E-state index contributed by atoms with van der Waals surface area (Å²) in [5.41, 5.74) is -0.179. The van der Waals surface area contributed by atoms with E-state index in [2.05, 4.69) is 13.0 Å². The first-order chi connectivity index (χ1) is 18.2. The third-order valence-electron chi connectivity index (χ3n) is 9.92. The van der Waals surface area contributed by atoms with Crippen LogP contribution in [0.4, 0.5) is 0 Å². The molecule has 204 valence electrons. The second-order valence-corrected chi connectivity index (χ2v) is 11.9. The van der Waals surface area contributed by atoms with Gasteiger partial charge in [0.05, 0.1) is 35.7 Å². The first-order valence-electron chi connectivity index (χ1n) is 13.5. The Morgan fingerprint density at radius 1 is 0.974 bits per heavy atom. The lowest BCUT2D eigenvalue weighted by Gasteiger charge is -2.57. The number of allylic oxidation sites excluding steroid dienone is 2. The number of cyclic esters (lactones) is 1. The number of carbonyl (C=O) groups excluding carboxylic acids is 2. The van der Waals surface area contributed by atoms with Crippen LogP contribution in [0.1, 0.15) is 40.5 Å². The predicted octanol–water partition coefficient (Wildman–Crippen LogP) is 2.69. The Morgan fingerprint density at radius 3 is 2.58 bits per heavy atom. The van der Waals surface area contributed by atoms with Crippen LogP contribution in [-0.2, 0) is 42.7 Å². The number of hydrogen-bond donors (Lipinski definition) is 0. The lowest BCUT2D eigenvalue weighted by Crippen LogP contribution is -2.69. The Balaban J connectivity index is 1.28. The van der Waals surface area contributed by atoms with E-state index in [4.69, 9.17) is 33.2 Å². The number of carbonyl (C=O) groups is 2. The van der Waals surface area contributed by atoms with E-state index in [1.165, 1.54) is 12.2 Å². The standard InChI is InChI=1S/C29H34O9/c1-15-9-23(31)32-13-28-20(11-16(2)25-26(28)38-25)36-21-12-19(27(28,4)29(21)14-33-29)37-22(30)8-6-5-7-18-17(3)34-24(10-15)35-18/h5-9,11,17-21,24-26H,10,12-14H2,1-4H3/t17?,18?,19-,20-,21?,24?,25?,26-,27?,28-,29+/m1/s1. The van der Waals surface area contributed by atoms with Crippen molar-refractivity contribution >= 4 is 11.9 Å². The Labute approximate surface area is 221 Å². The Kier molecular flexibility index (Phi) is 5.43. The van der Waals surface area contributed by atoms with Crippen molar-refractivity contribution in [3.8, 4) is 0 Å². The lowest BCUT2D eigenvalue weighted by atomic mass is 9.51. The van der Waals surface area contributed by atoms with Crippen LogP contribution in [0.3, 0.4) is 0 Å². The maximum atomic E-state index is 13.1. The molecule has 0 aromatic carbocycles. The molecule has 0 N–H and O–H groups in total. The van der Waals surface area contributed by atoms with Gasteiger partial charge in [-0.2, -0.15) is 0 Å². The molecule has 38 heavy (non-hydrogen) atoms. The molecule has 9 nitrogen and oxygen atoms in total. The van der Waals surface area contributed by atoms with Crippen molar-refractivity contribution in [2.45, 2.75) is 95.2 Å². The molecule has 4 bridgehead atoms. The predicted molar refractivity (Wildman–Crippen MR) is 132 cm³/mol. The number of rotatable bonds is 0. The largest absolute Gasteiger partial charge is 0.462 e. The van der Waals surface area contributed by atoms with Crippen LogP contribution in [0.25, 0.3) is 0 Å². The summed E-state index contributed by atoms with van der Waals surface area (Å²) in [5, 5.41) is 0. The van der Waals surface area contributed by atoms with Crippen molar-refractivity contribution in [2.24, 2.45) is 10.8 Å². The third kappa shape index (κ3) is 3.35. The fourth-order valence-electron chi connectivity index (χ4n) is 7.73. The van der Waals surface area contributed by atoms with Crippen molar-refractivity contribution < 1.29 is 42.7 Å².